The van der Waals surface area contributed by atoms with Crippen molar-refractivity contribution in [2.75, 3.05) is 19.8 Å². The minimum atomic E-state index is -0.600. The summed E-state index contributed by atoms with van der Waals surface area (Å²) in [5.41, 5.74) is 5.72. The minimum absolute atomic E-state index is 0. The van der Waals surface area contributed by atoms with E-state index in [-0.39, 0.29) is 29.8 Å². The number of aromatic nitrogens is 2. The second-order valence-electron chi connectivity index (χ2n) is 6.36. The molecule has 1 saturated heterocycles. The van der Waals surface area contributed by atoms with E-state index in [9.17, 15) is 0 Å². The van der Waals surface area contributed by atoms with Crippen LogP contribution >= 0.6 is 12.4 Å². The molecule has 2 aliphatic rings. The Morgan fingerprint density at radius 3 is 2.76 bits per heavy atom. The summed E-state index contributed by atoms with van der Waals surface area (Å²) in [6, 6.07) is 0. The third-order valence-electron chi connectivity index (χ3n) is 4.95. The van der Waals surface area contributed by atoms with E-state index in [0.29, 0.717) is 19.1 Å². The molecule has 0 amide bonds. The number of nitrogens with two attached hydrogens (primary N) is 1. The maximum atomic E-state index is 6.53. The van der Waals surface area contributed by atoms with Crippen LogP contribution in [0.2, 0.25) is 0 Å². The highest BCUT2D eigenvalue weighted by Crippen LogP contribution is 2.55. The molecule has 3 rings (SSSR count). The minimum Gasteiger partial charge on any atom is -0.381 e. The summed E-state index contributed by atoms with van der Waals surface area (Å²) >= 11 is 0. The van der Waals surface area contributed by atoms with E-state index in [1.54, 1.807) is 0 Å². The van der Waals surface area contributed by atoms with Crippen LogP contribution in [0, 0.1) is 5.41 Å². The SMILES string of the molecule is CCOC1CC(N)(c2nc(C3CCOC3)no2)C1(C)C.Cl. The van der Waals surface area contributed by atoms with Gasteiger partial charge in [0.05, 0.1) is 12.7 Å². The monoisotopic (exact) mass is 317 g/mol. The highest BCUT2D eigenvalue weighted by atomic mass is 35.5. The van der Waals surface area contributed by atoms with Crippen LogP contribution in [0.1, 0.15) is 51.2 Å². The van der Waals surface area contributed by atoms with Crippen LogP contribution in [-0.2, 0) is 15.0 Å². The van der Waals surface area contributed by atoms with Gasteiger partial charge in [-0.25, -0.2) is 0 Å². The second-order valence-corrected chi connectivity index (χ2v) is 6.36. The fraction of sp³-hybridized carbons (Fsp3) is 0.857. The third-order valence-corrected chi connectivity index (χ3v) is 4.95. The summed E-state index contributed by atoms with van der Waals surface area (Å²) in [7, 11) is 0. The molecule has 0 radical (unpaired) electrons. The first-order chi connectivity index (χ1) is 9.49. The van der Waals surface area contributed by atoms with Gasteiger partial charge in [0.1, 0.15) is 5.54 Å². The first-order valence-corrected chi connectivity index (χ1v) is 7.31. The van der Waals surface area contributed by atoms with Crippen molar-refractivity contribution in [2.45, 2.75) is 51.2 Å². The fourth-order valence-electron chi connectivity index (χ4n) is 3.12. The molecular weight excluding hydrogens is 294 g/mol. The molecule has 0 spiro atoms. The summed E-state index contributed by atoms with van der Waals surface area (Å²) in [4.78, 5) is 4.54. The summed E-state index contributed by atoms with van der Waals surface area (Å²) in [5.74, 6) is 1.49. The van der Waals surface area contributed by atoms with Gasteiger partial charge in [-0.1, -0.05) is 19.0 Å². The molecular formula is C14H24ClN3O3. The molecule has 0 aromatic carbocycles. The summed E-state index contributed by atoms with van der Waals surface area (Å²) in [6.45, 7) is 8.32. The van der Waals surface area contributed by atoms with Crippen molar-refractivity contribution in [3.63, 3.8) is 0 Å². The molecule has 1 saturated carbocycles. The van der Waals surface area contributed by atoms with Crippen molar-refractivity contribution in [3.05, 3.63) is 11.7 Å². The smallest absolute Gasteiger partial charge is 0.247 e. The maximum Gasteiger partial charge on any atom is 0.247 e. The van der Waals surface area contributed by atoms with Crippen molar-refractivity contribution in [1.29, 1.82) is 0 Å². The molecule has 7 heteroatoms. The lowest BCUT2D eigenvalue weighted by Gasteiger charge is -2.56. The van der Waals surface area contributed by atoms with Crippen molar-refractivity contribution in [1.82, 2.24) is 10.1 Å². The number of rotatable bonds is 4. The lowest BCUT2D eigenvalue weighted by atomic mass is 9.54. The van der Waals surface area contributed by atoms with Crippen molar-refractivity contribution in [2.24, 2.45) is 11.1 Å². The zero-order valence-corrected chi connectivity index (χ0v) is 13.6. The van der Waals surface area contributed by atoms with Crippen LogP contribution in [0.3, 0.4) is 0 Å². The van der Waals surface area contributed by atoms with Crippen LogP contribution in [0.25, 0.3) is 0 Å². The van der Waals surface area contributed by atoms with Crippen LogP contribution < -0.4 is 5.73 Å². The Hall–Kier alpha value is -0.690. The molecule has 2 fully saturated rings. The zero-order valence-electron chi connectivity index (χ0n) is 12.8. The normalized spacial score (nSPS) is 34.3. The van der Waals surface area contributed by atoms with Gasteiger partial charge in [0, 0.05) is 31.0 Å². The number of nitrogens with zero attached hydrogens (tertiary/aromatic N) is 2. The van der Waals surface area contributed by atoms with Gasteiger partial charge in [-0.15, -0.1) is 12.4 Å². The van der Waals surface area contributed by atoms with Gasteiger partial charge in [0.25, 0.3) is 0 Å². The van der Waals surface area contributed by atoms with Crippen LogP contribution in [0.5, 0.6) is 0 Å². The average Bonchev–Trinajstić information content (AvgIpc) is 3.09. The number of hydrogen-bond acceptors (Lipinski definition) is 6. The zero-order chi connectivity index (χ0) is 14.4. The molecule has 6 nitrogen and oxygen atoms in total. The Morgan fingerprint density at radius 2 is 2.19 bits per heavy atom. The summed E-state index contributed by atoms with van der Waals surface area (Å²) < 4.78 is 16.5. The van der Waals surface area contributed by atoms with Crippen molar-refractivity contribution >= 4 is 12.4 Å². The molecule has 3 unspecified atom stereocenters. The summed E-state index contributed by atoms with van der Waals surface area (Å²) in [6.07, 6.45) is 1.81. The van der Waals surface area contributed by atoms with E-state index in [1.807, 2.05) is 6.92 Å². The molecule has 2 heterocycles. The lowest BCUT2D eigenvalue weighted by Crippen LogP contribution is -2.67. The van der Waals surface area contributed by atoms with E-state index in [0.717, 1.165) is 25.3 Å². The largest absolute Gasteiger partial charge is 0.381 e. The van der Waals surface area contributed by atoms with Gasteiger partial charge in [0.2, 0.25) is 5.89 Å². The van der Waals surface area contributed by atoms with Gasteiger partial charge in [0.15, 0.2) is 5.82 Å². The first-order valence-electron chi connectivity index (χ1n) is 7.31. The Bertz CT molecular complexity index is 488. The van der Waals surface area contributed by atoms with Gasteiger partial charge < -0.3 is 19.7 Å². The standard InChI is InChI=1S/C14H23N3O3.ClH/c1-4-19-10-7-14(15,13(10,2)3)12-16-11(17-20-12)9-5-6-18-8-9;/h9-10H,4-8,15H2,1-3H3;1H. The Morgan fingerprint density at radius 1 is 1.43 bits per heavy atom. The van der Waals surface area contributed by atoms with E-state index in [4.69, 9.17) is 19.7 Å². The van der Waals surface area contributed by atoms with E-state index in [1.165, 1.54) is 0 Å². The molecule has 21 heavy (non-hydrogen) atoms. The van der Waals surface area contributed by atoms with E-state index >= 15 is 0 Å². The van der Waals surface area contributed by atoms with Gasteiger partial charge in [-0.05, 0) is 13.3 Å². The van der Waals surface area contributed by atoms with Crippen LogP contribution in [-0.4, -0.2) is 36.1 Å². The number of halogens is 1. The van der Waals surface area contributed by atoms with Crippen LogP contribution in [0.15, 0.2) is 4.52 Å². The fourth-order valence-corrected chi connectivity index (χ4v) is 3.12. The average molecular weight is 318 g/mol. The first kappa shape index (κ1) is 16.7. The van der Waals surface area contributed by atoms with E-state index < -0.39 is 5.54 Å². The maximum absolute atomic E-state index is 6.53. The number of hydrogen-bond donors (Lipinski definition) is 1. The van der Waals surface area contributed by atoms with Crippen LogP contribution in [0.4, 0.5) is 0 Å². The predicted molar refractivity (Wildman–Crippen MR) is 79.4 cm³/mol. The topological polar surface area (TPSA) is 83.4 Å². The van der Waals surface area contributed by atoms with Gasteiger partial charge in [-0.3, -0.25) is 0 Å². The van der Waals surface area contributed by atoms with Crippen molar-refractivity contribution in [3.8, 4) is 0 Å². The third kappa shape index (κ3) is 2.48. The highest BCUT2D eigenvalue weighted by molar-refractivity contribution is 5.85. The Balaban J connectivity index is 0.00000161. The number of ether oxygens (including phenoxy) is 2. The molecule has 1 aromatic rings. The molecule has 2 N–H and O–H groups in total. The van der Waals surface area contributed by atoms with E-state index in [2.05, 4.69) is 24.0 Å². The summed E-state index contributed by atoms with van der Waals surface area (Å²) in [5, 5.41) is 4.10. The highest BCUT2D eigenvalue weighted by Gasteiger charge is 2.62. The Kier molecular flexibility index (Phi) is 4.63. The molecule has 3 atom stereocenters. The molecule has 120 valence electrons. The molecule has 1 aromatic heterocycles. The quantitative estimate of drug-likeness (QED) is 0.914. The second kappa shape index (κ2) is 5.83. The van der Waals surface area contributed by atoms with Crippen molar-refractivity contribution < 1.29 is 14.0 Å². The van der Waals surface area contributed by atoms with Gasteiger partial charge >= 0.3 is 0 Å². The lowest BCUT2D eigenvalue weighted by molar-refractivity contribution is -0.162. The predicted octanol–water partition coefficient (Wildman–Crippen LogP) is 1.98. The van der Waals surface area contributed by atoms with Gasteiger partial charge in [-0.2, -0.15) is 4.98 Å². The Labute approximate surface area is 131 Å². The molecule has 1 aliphatic heterocycles. The molecule has 0 bridgehead atoms. The molecule has 1 aliphatic carbocycles.